The number of urea groups is 1. The Morgan fingerprint density at radius 3 is 2.26 bits per heavy atom. The monoisotopic (exact) mass is 366 g/mol. The maximum atomic E-state index is 12.5. The molecule has 1 N–H and O–H groups in total. The molecule has 0 aliphatic carbocycles. The van der Waals surface area contributed by atoms with E-state index in [0.717, 1.165) is 49.1 Å². The topological polar surface area (TPSA) is 64.6 Å². The molecule has 27 heavy (non-hydrogen) atoms. The highest BCUT2D eigenvalue weighted by atomic mass is 16.2. The van der Waals surface area contributed by atoms with E-state index < -0.39 is 0 Å². The molecule has 3 heterocycles. The Morgan fingerprint density at radius 2 is 1.59 bits per heavy atom. The summed E-state index contributed by atoms with van der Waals surface area (Å²) in [6, 6.07) is 9.91. The van der Waals surface area contributed by atoms with Crippen molar-refractivity contribution in [3.63, 3.8) is 0 Å². The molecule has 2 amide bonds. The lowest BCUT2D eigenvalue weighted by Gasteiger charge is -2.35. The van der Waals surface area contributed by atoms with Gasteiger partial charge >= 0.3 is 6.03 Å². The Balaban J connectivity index is 1.34. The number of anilines is 3. The van der Waals surface area contributed by atoms with E-state index in [0.29, 0.717) is 13.1 Å². The van der Waals surface area contributed by atoms with Crippen LogP contribution in [-0.4, -0.2) is 60.2 Å². The molecule has 0 unspecified atom stereocenters. The molecule has 2 aliphatic heterocycles. The maximum absolute atomic E-state index is 12.5. The first kappa shape index (κ1) is 17.6. The quantitative estimate of drug-likeness (QED) is 0.905. The van der Waals surface area contributed by atoms with Crippen LogP contribution in [0.2, 0.25) is 0 Å². The van der Waals surface area contributed by atoms with Gasteiger partial charge in [0.25, 0.3) is 0 Å². The highest BCUT2D eigenvalue weighted by Crippen LogP contribution is 2.22. The highest BCUT2D eigenvalue weighted by Gasteiger charge is 2.23. The lowest BCUT2D eigenvalue weighted by Crippen LogP contribution is -2.50. The number of benzene rings is 1. The Bertz CT molecular complexity index is 797. The van der Waals surface area contributed by atoms with Crippen LogP contribution < -0.4 is 15.1 Å². The summed E-state index contributed by atoms with van der Waals surface area (Å²) in [4.78, 5) is 27.8. The van der Waals surface area contributed by atoms with Crippen molar-refractivity contribution in [3.8, 4) is 0 Å². The van der Waals surface area contributed by atoms with Crippen LogP contribution in [0, 0.1) is 6.92 Å². The van der Waals surface area contributed by atoms with E-state index in [9.17, 15) is 4.79 Å². The second kappa shape index (κ2) is 7.82. The van der Waals surface area contributed by atoms with Gasteiger partial charge in [0.15, 0.2) is 0 Å². The van der Waals surface area contributed by atoms with Crippen LogP contribution in [-0.2, 0) is 0 Å². The summed E-state index contributed by atoms with van der Waals surface area (Å²) in [6.07, 6.45) is 4.11. The third kappa shape index (κ3) is 4.13. The summed E-state index contributed by atoms with van der Waals surface area (Å²) in [7, 11) is 0. The fourth-order valence-corrected chi connectivity index (χ4v) is 3.69. The first-order valence-electron chi connectivity index (χ1n) is 9.63. The molecule has 2 aromatic rings. The van der Waals surface area contributed by atoms with Crippen LogP contribution in [0.15, 0.2) is 36.7 Å². The summed E-state index contributed by atoms with van der Waals surface area (Å²) in [5.74, 6) is 1.96. The van der Waals surface area contributed by atoms with E-state index in [1.165, 1.54) is 12.8 Å². The van der Waals surface area contributed by atoms with Crippen molar-refractivity contribution in [1.29, 1.82) is 0 Å². The Kier molecular flexibility index (Phi) is 5.09. The summed E-state index contributed by atoms with van der Waals surface area (Å²) >= 11 is 0. The van der Waals surface area contributed by atoms with E-state index in [1.807, 2.05) is 36.1 Å². The van der Waals surface area contributed by atoms with Crippen molar-refractivity contribution < 1.29 is 4.79 Å². The first-order valence-corrected chi connectivity index (χ1v) is 9.63. The number of rotatable bonds is 3. The van der Waals surface area contributed by atoms with Crippen molar-refractivity contribution in [2.24, 2.45) is 0 Å². The smallest absolute Gasteiger partial charge is 0.321 e. The van der Waals surface area contributed by atoms with E-state index in [4.69, 9.17) is 0 Å². The number of nitrogens with zero attached hydrogens (tertiary/aromatic N) is 5. The molecule has 7 heteroatoms. The normalized spacial score (nSPS) is 17.3. The zero-order valence-corrected chi connectivity index (χ0v) is 15.8. The van der Waals surface area contributed by atoms with E-state index in [1.54, 1.807) is 6.33 Å². The number of piperazine rings is 1. The second-order valence-corrected chi connectivity index (χ2v) is 7.20. The predicted molar refractivity (Wildman–Crippen MR) is 107 cm³/mol. The van der Waals surface area contributed by atoms with Gasteiger partial charge in [0.1, 0.15) is 18.0 Å². The van der Waals surface area contributed by atoms with Crippen molar-refractivity contribution in [2.75, 3.05) is 54.4 Å². The molecule has 4 rings (SSSR count). The fraction of sp³-hybridized carbons (Fsp3) is 0.450. The summed E-state index contributed by atoms with van der Waals surface area (Å²) in [5.41, 5.74) is 1.98. The van der Waals surface area contributed by atoms with Gasteiger partial charge < -0.3 is 20.0 Å². The predicted octanol–water partition coefficient (Wildman–Crippen LogP) is 2.74. The molecule has 1 aromatic carbocycles. The number of amides is 2. The average Bonchev–Trinajstić information content (AvgIpc) is 3.23. The third-order valence-corrected chi connectivity index (χ3v) is 5.23. The molecule has 2 fully saturated rings. The number of aromatic nitrogens is 2. The molecule has 0 atom stereocenters. The lowest BCUT2D eigenvalue weighted by atomic mass is 10.2. The van der Waals surface area contributed by atoms with Gasteiger partial charge in [-0.25, -0.2) is 14.8 Å². The first-order chi connectivity index (χ1) is 13.2. The Morgan fingerprint density at radius 1 is 0.926 bits per heavy atom. The van der Waals surface area contributed by atoms with Gasteiger partial charge in [0.05, 0.1) is 0 Å². The summed E-state index contributed by atoms with van der Waals surface area (Å²) in [6.45, 7) is 7.08. The third-order valence-electron chi connectivity index (χ3n) is 5.23. The Hall–Kier alpha value is -2.83. The van der Waals surface area contributed by atoms with Gasteiger partial charge in [-0.05, 0) is 37.5 Å². The zero-order valence-electron chi connectivity index (χ0n) is 15.8. The number of carbonyl (C=O) groups excluding carboxylic acids is 1. The minimum Gasteiger partial charge on any atom is -0.356 e. The minimum atomic E-state index is -0.0410. The van der Waals surface area contributed by atoms with E-state index in [-0.39, 0.29) is 6.03 Å². The lowest BCUT2D eigenvalue weighted by molar-refractivity contribution is 0.208. The molecule has 2 aliphatic rings. The Labute approximate surface area is 160 Å². The molecule has 142 valence electrons. The van der Waals surface area contributed by atoms with Crippen LogP contribution in [0.3, 0.4) is 0 Å². The van der Waals surface area contributed by atoms with Crippen molar-refractivity contribution in [3.05, 3.63) is 42.2 Å². The molecule has 7 nitrogen and oxygen atoms in total. The van der Waals surface area contributed by atoms with Crippen molar-refractivity contribution in [1.82, 2.24) is 14.9 Å². The molecule has 0 spiro atoms. The molecule has 1 aromatic heterocycles. The molecular formula is C20H26N6O. The molecular weight excluding hydrogens is 340 g/mol. The van der Waals surface area contributed by atoms with Crippen LogP contribution in [0.25, 0.3) is 0 Å². The van der Waals surface area contributed by atoms with Gasteiger partial charge in [-0.1, -0.05) is 12.1 Å². The number of nitrogens with one attached hydrogen (secondary N) is 1. The number of aryl methyl sites for hydroxylation is 1. The molecule has 0 radical (unpaired) electrons. The van der Waals surface area contributed by atoms with Gasteiger partial charge in [-0.3, -0.25) is 0 Å². The van der Waals surface area contributed by atoms with Gasteiger partial charge in [-0.15, -0.1) is 0 Å². The summed E-state index contributed by atoms with van der Waals surface area (Å²) < 4.78 is 0. The average molecular weight is 366 g/mol. The molecule has 2 saturated heterocycles. The van der Waals surface area contributed by atoms with Crippen LogP contribution in [0.4, 0.5) is 22.1 Å². The second-order valence-electron chi connectivity index (χ2n) is 7.20. The highest BCUT2D eigenvalue weighted by molar-refractivity contribution is 5.89. The number of hydrogen-bond acceptors (Lipinski definition) is 5. The van der Waals surface area contributed by atoms with Crippen LogP contribution in [0.5, 0.6) is 0 Å². The number of carbonyl (C=O) groups is 1. The fourth-order valence-electron chi connectivity index (χ4n) is 3.69. The standard InChI is InChI=1S/C20H26N6O/c1-16-5-4-6-17(13-16)23-20(27)26-11-9-25(10-12-26)19-14-18(21-15-22-19)24-7-2-3-8-24/h4-6,13-15H,2-3,7-12H2,1H3,(H,23,27). The largest absolute Gasteiger partial charge is 0.356 e. The van der Waals surface area contributed by atoms with Crippen molar-refractivity contribution >= 4 is 23.4 Å². The van der Waals surface area contributed by atoms with Crippen LogP contribution >= 0.6 is 0 Å². The van der Waals surface area contributed by atoms with Crippen LogP contribution in [0.1, 0.15) is 18.4 Å². The van der Waals surface area contributed by atoms with Gasteiger partial charge in [0.2, 0.25) is 0 Å². The van der Waals surface area contributed by atoms with Gasteiger partial charge in [0, 0.05) is 51.0 Å². The van der Waals surface area contributed by atoms with Gasteiger partial charge in [-0.2, -0.15) is 0 Å². The molecule has 0 bridgehead atoms. The SMILES string of the molecule is Cc1cccc(NC(=O)N2CCN(c3cc(N4CCCC4)ncn3)CC2)c1. The summed E-state index contributed by atoms with van der Waals surface area (Å²) in [5, 5.41) is 2.99. The zero-order chi connectivity index (χ0) is 18.6. The minimum absolute atomic E-state index is 0.0410. The van der Waals surface area contributed by atoms with Crippen molar-refractivity contribution in [2.45, 2.75) is 19.8 Å². The number of hydrogen-bond donors (Lipinski definition) is 1. The van der Waals surface area contributed by atoms with E-state index in [2.05, 4.69) is 31.2 Å². The van der Waals surface area contributed by atoms with E-state index >= 15 is 0 Å². The maximum Gasteiger partial charge on any atom is 0.321 e. The molecule has 0 saturated carbocycles.